The highest BCUT2D eigenvalue weighted by Crippen LogP contribution is 2.26. The second-order valence-electron chi connectivity index (χ2n) is 10.8. The Balaban J connectivity index is 2.02. The molecule has 0 aromatic heterocycles. The van der Waals surface area contributed by atoms with Gasteiger partial charge >= 0.3 is 0 Å². The molecule has 0 aliphatic rings. The van der Waals surface area contributed by atoms with Crippen LogP contribution in [0.4, 0.5) is 5.69 Å². The van der Waals surface area contributed by atoms with Crippen LogP contribution in [0.5, 0.6) is 11.5 Å². The minimum Gasteiger partial charge on any atom is -0.497 e. The van der Waals surface area contributed by atoms with Gasteiger partial charge in [-0.2, -0.15) is 0 Å². The normalized spacial score (nSPS) is 12.3. The number of nitrogens with one attached hydrogen (secondary N) is 1. The van der Waals surface area contributed by atoms with Gasteiger partial charge < -0.3 is 19.7 Å². The SMILES string of the molecule is COc1ccc(CN(C(=O)CN(c2ccc(C)cc2)S(=O)(=O)c2ccc(OC)cc2)C(C)C(=O)NC(C)(C)C)cc1. The second-order valence-corrected chi connectivity index (χ2v) is 12.7. The summed E-state index contributed by atoms with van der Waals surface area (Å²) in [5.41, 5.74) is 1.51. The minimum atomic E-state index is -4.16. The molecule has 0 fully saturated rings. The van der Waals surface area contributed by atoms with E-state index in [0.29, 0.717) is 17.2 Å². The molecule has 0 bridgehead atoms. The predicted molar refractivity (Wildman–Crippen MR) is 160 cm³/mol. The Hall–Kier alpha value is -4.05. The van der Waals surface area contributed by atoms with E-state index in [1.807, 2.05) is 27.7 Å². The van der Waals surface area contributed by atoms with E-state index >= 15 is 0 Å². The van der Waals surface area contributed by atoms with Gasteiger partial charge in [0.05, 0.1) is 24.8 Å². The molecule has 2 amide bonds. The molecule has 0 saturated heterocycles. The maximum atomic E-state index is 14.0. The molecule has 3 aromatic rings. The first-order valence-corrected chi connectivity index (χ1v) is 14.7. The molecule has 9 nitrogen and oxygen atoms in total. The Labute approximate surface area is 243 Å². The molecule has 0 aliphatic carbocycles. The molecule has 3 rings (SSSR count). The zero-order valence-corrected chi connectivity index (χ0v) is 25.5. The van der Waals surface area contributed by atoms with Crippen LogP contribution >= 0.6 is 0 Å². The van der Waals surface area contributed by atoms with Gasteiger partial charge in [0.25, 0.3) is 10.0 Å². The lowest BCUT2D eigenvalue weighted by Crippen LogP contribution is -2.54. The number of hydrogen-bond donors (Lipinski definition) is 1. The Morgan fingerprint density at radius 3 is 1.85 bits per heavy atom. The topological polar surface area (TPSA) is 105 Å². The van der Waals surface area contributed by atoms with Gasteiger partial charge in [-0.05, 0) is 88.7 Å². The molecular formula is C31H39N3O6S. The average Bonchev–Trinajstić information content (AvgIpc) is 2.94. The van der Waals surface area contributed by atoms with E-state index in [4.69, 9.17) is 9.47 Å². The molecule has 1 atom stereocenters. The molecule has 0 radical (unpaired) electrons. The highest BCUT2D eigenvalue weighted by atomic mass is 32.2. The molecule has 10 heteroatoms. The van der Waals surface area contributed by atoms with Gasteiger partial charge in [0.2, 0.25) is 11.8 Å². The summed E-state index contributed by atoms with van der Waals surface area (Å²) in [6, 6.07) is 19.1. The first-order valence-electron chi connectivity index (χ1n) is 13.2. The molecule has 0 aliphatic heterocycles. The number of amides is 2. The molecule has 1 N–H and O–H groups in total. The van der Waals surface area contributed by atoms with Crippen LogP contribution in [0.15, 0.2) is 77.7 Å². The van der Waals surface area contributed by atoms with Crippen molar-refractivity contribution in [2.24, 2.45) is 0 Å². The van der Waals surface area contributed by atoms with Crippen molar-refractivity contribution in [1.29, 1.82) is 0 Å². The monoisotopic (exact) mass is 581 g/mol. The first kappa shape index (κ1) is 31.5. The Bertz CT molecular complexity index is 1430. The zero-order valence-electron chi connectivity index (χ0n) is 24.7. The summed E-state index contributed by atoms with van der Waals surface area (Å²) in [6.07, 6.45) is 0. The van der Waals surface area contributed by atoms with Crippen LogP contribution < -0.4 is 19.1 Å². The molecule has 3 aromatic carbocycles. The quantitative estimate of drug-likeness (QED) is 0.357. The molecule has 0 spiro atoms. The first-order chi connectivity index (χ1) is 19.2. The Kier molecular flexibility index (Phi) is 10.0. The number of nitrogens with zero attached hydrogens (tertiary/aromatic N) is 2. The van der Waals surface area contributed by atoms with E-state index in [9.17, 15) is 18.0 Å². The predicted octanol–water partition coefficient (Wildman–Crippen LogP) is 4.54. The summed E-state index contributed by atoms with van der Waals surface area (Å²) in [7, 11) is -1.11. The highest BCUT2D eigenvalue weighted by molar-refractivity contribution is 7.92. The molecule has 0 saturated carbocycles. The van der Waals surface area contributed by atoms with E-state index in [1.54, 1.807) is 74.7 Å². The summed E-state index contributed by atoms with van der Waals surface area (Å²) in [4.78, 5) is 28.6. The smallest absolute Gasteiger partial charge is 0.264 e. The van der Waals surface area contributed by atoms with Crippen molar-refractivity contribution < 1.29 is 27.5 Å². The maximum absolute atomic E-state index is 14.0. The number of anilines is 1. The van der Waals surface area contributed by atoms with Crippen LogP contribution in [-0.2, 0) is 26.2 Å². The fraction of sp³-hybridized carbons (Fsp3) is 0.355. The standard InChI is InChI=1S/C31H39N3O6S/c1-22-8-12-25(13-9-22)34(41(37,38)28-18-16-27(40-7)17-19-28)21-29(35)33(23(2)30(36)32-31(3,4)5)20-24-10-14-26(39-6)15-11-24/h8-19,23H,20-21H2,1-7H3,(H,32,36). The largest absolute Gasteiger partial charge is 0.497 e. The average molecular weight is 582 g/mol. The highest BCUT2D eigenvalue weighted by Gasteiger charge is 2.33. The van der Waals surface area contributed by atoms with Crippen LogP contribution in [-0.4, -0.2) is 57.5 Å². The van der Waals surface area contributed by atoms with Crippen molar-refractivity contribution in [3.05, 3.63) is 83.9 Å². The third kappa shape index (κ3) is 8.23. The van der Waals surface area contributed by atoms with Gasteiger partial charge in [-0.15, -0.1) is 0 Å². The van der Waals surface area contributed by atoms with Gasteiger partial charge in [-0.3, -0.25) is 13.9 Å². The Morgan fingerprint density at radius 1 is 0.854 bits per heavy atom. The molecule has 1 unspecified atom stereocenters. The summed E-state index contributed by atoms with van der Waals surface area (Å²) >= 11 is 0. The lowest BCUT2D eigenvalue weighted by Gasteiger charge is -2.33. The lowest BCUT2D eigenvalue weighted by molar-refractivity contribution is -0.140. The van der Waals surface area contributed by atoms with Gasteiger partial charge in [0, 0.05) is 12.1 Å². The molecule has 0 heterocycles. The Morgan fingerprint density at radius 2 is 1.37 bits per heavy atom. The minimum absolute atomic E-state index is 0.00639. The van der Waals surface area contributed by atoms with Gasteiger partial charge in [0.1, 0.15) is 24.1 Å². The van der Waals surface area contributed by atoms with E-state index in [1.165, 1.54) is 24.1 Å². The van der Waals surface area contributed by atoms with Crippen molar-refractivity contribution in [3.8, 4) is 11.5 Å². The number of carbonyl (C=O) groups excluding carboxylic acids is 2. The fourth-order valence-corrected chi connectivity index (χ4v) is 5.51. The van der Waals surface area contributed by atoms with E-state index in [-0.39, 0.29) is 17.3 Å². The lowest BCUT2D eigenvalue weighted by atomic mass is 10.1. The number of methoxy groups -OCH3 is 2. The van der Waals surface area contributed by atoms with E-state index < -0.39 is 34.1 Å². The molecular weight excluding hydrogens is 542 g/mol. The van der Waals surface area contributed by atoms with E-state index in [0.717, 1.165) is 15.4 Å². The van der Waals surface area contributed by atoms with Gasteiger partial charge in [0.15, 0.2) is 0 Å². The summed E-state index contributed by atoms with van der Waals surface area (Å²) in [5.74, 6) is 0.279. The zero-order chi connectivity index (χ0) is 30.4. The van der Waals surface area contributed by atoms with Crippen molar-refractivity contribution in [3.63, 3.8) is 0 Å². The van der Waals surface area contributed by atoms with Crippen molar-refractivity contribution in [2.45, 2.75) is 57.6 Å². The van der Waals surface area contributed by atoms with Crippen molar-refractivity contribution >= 4 is 27.5 Å². The third-order valence-electron chi connectivity index (χ3n) is 6.43. The van der Waals surface area contributed by atoms with Crippen molar-refractivity contribution in [1.82, 2.24) is 10.2 Å². The number of benzene rings is 3. The van der Waals surface area contributed by atoms with Crippen LogP contribution in [0.3, 0.4) is 0 Å². The van der Waals surface area contributed by atoms with Crippen molar-refractivity contribution in [2.75, 3.05) is 25.1 Å². The summed E-state index contributed by atoms with van der Waals surface area (Å²) in [5, 5.41) is 2.92. The molecule has 220 valence electrons. The van der Waals surface area contributed by atoms with Gasteiger partial charge in [-0.25, -0.2) is 8.42 Å². The van der Waals surface area contributed by atoms with Crippen LogP contribution in [0.25, 0.3) is 0 Å². The number of carbonyl (C=O) groups is 2. The summed E-state index contributed by atoms with van der Waals surface area (Å²) in [6.45, 7) is 8.67. The number of sulfonamides is 1. The number of ether oxygens (including phenoxy) is 2. The fourth-order valence-electron chi connectivity index (χ4n) is 4.10. The number of rotatable bonds is 11. The van der Waals surface area contributed by atoms with Crippen LogP contribution in [0.2, 0.25) is 0 Å². The van der Waals surface area contributed by atoms with Gasteiger partial charge in [-0.1, -0.05) is 29.8 Å². The van der Waals surface area contributed by atoms with Crippen LogP contribution in [0.1, 0.15) is 38.8 Å². The third-order valence-corrected chi connectivity index (χ3v) is 8.21. The van der Waals surface area contributed by atoms with Crippen LogP contribution in [0, 0.1) is 6.92 Å². The number of aryl methyl sites for hydroxylation is 1. The van der Waals surface area contributed by atoms with E-state index in [2.05, 4.69) is 5.32 Å². The second kappa shape index (κ2) is 13.1. The number of hydrogen-bond acceptors (Lipinski definition) is 6. The molecule has 41 heavy (non-hydrogen) atoms. The maximum Gasteiger partial charge on any atom is 0.264 e. The summed E-state index contributed by atoms with van der Waals surface area (Å²) < 4.78 is 39.3.